The molecule has 7 nitrogen and oxygen atoms in total. The molecule has 1 aliphatic heterocycles. The van der Waals surface area contributed by atoms with Gasteiger partial charge in [0.25, 0.3) is 5.91 Å². The summed E-state index contributed by atoms with van der Waals surface area (Å²) in [6.07, 6.45) is 5.45. The van der Waals surface area contributed by atoms with Gasteiger partial charge >= 0.3 is 0 Å². The van der Waals surface area contributed by atoms with E-state index >= 15 is 0 Å². The van der Waals surface area contributed by atoms with Crippen molar-refractivity contribution in [2.24, 2.45) is 0 Å². The number of benzene rings is 1. The van der Waals surface area contributed by atoms with Crippen LogP contribution in [0.3, 0.4) is 0 Å². The second kappa shape index (κ2) is 8.91. The van der Waals surface area contributed by atoms with Crippen molar-refractivity contribution in [3.63, 3.8) is 0 Å². The number of fused-ring (bicyclic) bond motifs is 1. The van der Waals surface area contributed by atoms with E-state index in [1.807, 2.05) is 10.8 Å². The minimum Gasteiger partial charge on any atom is -0.381 e. The van der Waals surface area contributed by atoms with Crippen LogP contribution in [0.5, 0.6) is 0 Å². The summed E-state index contributed by atoms with van der Waals surface area (Å²) in [4.78, 5) is 16.4. The van der Waals surface area contributed by atoms with Gasteiger partial charge in [0.15, 0.2) is 0 Å². The first-order valence-corrected chi connectivity index (χ1v) is 9.90. The molecule has 3 heterocycles. The number of carbonyl (C=O) groups excluding carboxylic acids is 1. The summed E-state index contributed by atoms with van der Waals surface area (Å²) in [5, 5.41) is 10.8. The second-order valence-corrected chi connectivity index (χ2v) is 7.45. The van der Waals surface area contributed by atoms with E-state index < -0.39 is 5.91 Å². The third-order valence-corrected chi connectivity index (χ3v) is 5.27. The molecule has 1 aliphatic rings. The molecule has 30 heavy (non-hydrogen) atoms. The molecule has 158 valence electrons. The number of halogens is 1. The fraction of sp³-hybridized carbons (Fsp3) is 0.364. The van der Waals surface area contributed by atoms with E-state index in [-0.39, 0.29) is 17.6 Å². The quantitative estimate of drug-likeness (QED) is 0.495. The van der Waals surface area contributed by atoms with Crippen molar-refractivity contribution in [1.82, 2.24) is 14.6 Å². The molecule has 8 heteroatoms. The molecule has 1 N–H and O–H groups in total. The van der Waals surface area contributed by atoms with Gasteiger partial charge in [0.05, 0.1) is 24.4 Å². The predicted molar refractivity (Wildman–Crippen MR) is 108 cm³/mol. The lowest BCUT2D eigenvalue weighted by Gasteiger charge is -2.22. The number of pyridine rings is 1. The van der Waals surface area contributed by atoms with E-state index in [1.54, 1.807) is 24.4 Å². The monoisotopic (exact) mass is 413 g/mol. The summed E-state index contributed by atoms with van der Waals surface area (Å²) in [6, 6.07) is 8.02. The maximum atomic E-state index is 13.2. The van der Waals surface area contributed by atoms with Crippen molar-refractivity contribution in [2.45, 2.75) is 32.1 Å². The summed E-state index contributed by atoms with van der Waals surface area (Å²) >= 11 is 0. The van der Waals surface area contributed by atoms with Crippen LogP contribution < -0.4 is 0 Å². The van der Waals surface area contributed by atoms with Gasteiger partial charge in [0, 0.05) is 44.0 Å². The molecule has 0 atom stereocenters. The summed E-state index contributed by atoms with van der Waals surface area (Å²) in [5.74, 6) is -0.862. The van der Waals surface area contributed by atoms with Gasteiger partial charge in [-0.15, -0.1) is 0 Å². The Bertz CT molecular complexity index is 1030. The smallest absolute Gasteiger partial charge is 0.295 e. The van der Waals surface area contributed by atoms with Crippen LogP contribution in [0.25, 0.3) is 10.9 Å². The molecule has 1 saturated heterocycles. The van der Waals surface area contributed by atoms with Gasteiger partial charge in [-0.1, -0.05) is 12.1 Å². The highest BCUT2D eigenvalue weighted by molar-refractivity contribution is 5.96. The Hall–Kier alpha value is -2.81. The van der Waals surface area contributed by atoms with Gasteiger partial charge in [-0.2, -0.15) is 0 Å². The molecule has 1 amide bonds. The molecule has 0 saturated carbocycles. The zero-order valence-corrected chi connectivity index (χ0v) is 16.8. The molecule has 0 bridgehead atoms. The zero-order chi connectivity index (χ0) is 21.1. The first-order valence-electron chi connectivity index (χ1n) is 9.90. The third-order valence-electron chi connectivity index (χ3n) is 5.27. The molecular formula is C22H24FN3O4. The summed E-state index contributed by atoms with van der Waals surface area (Å²) in [5.41, 5.74) is 2.86. The average molecular weight is 413 g/mol. The lowest BCUT2D eigenvalue weighted by Crippen LogP contribution is -2.23. The van der Waals surface area contributed by atoms with Crippen molar-refractivity contribution in [2.75, 3.05) is 20.3 Å². The van der Waals surface area contributed by atoms with E-state index in [9.17, 15) is 14.4 Å². The number of amides is 1. The molecule has 1 fully saturated rings. The number of hydrogen-bond acceptors (Lipinski definition) is 5. The first kappa shape index (κ1) is 20.5. The van der Waals surface area contributed by atoms with Gasteiger partial charge in [0.1, 0.15) is 11.5 Å². The van der Waals surface area contributed by atoms with Gasteiger partial charge in [-0.3, -0.25) is 10.0 Å². The van der Waals surface area contributed by atoms with E-state index in [4.69, 9.17) is 9.47 Å². The van der Waals surface area contributed by atoms with Crippen LogP contribution in [0.2, 0.25) is 0 Å². The van der Waals surface area contributed by atoms with Gasteiger partial charge in [-0.25, -0.2) is 14.4 Å². The lowest BCUT2D eigenvalue weighted by atomic mass is 10.1. The summed E-state index contributed by atoms with van der Waals surface area (Å²) < 4.78 is 26.7. The van der Waals surface area contributed by atoms with E-state index in [2.05, 4.69) is 4.98 Å². The Morgan fingerprint density at radius 2 is 2.07 bits per heavy atom. The number of hydrogen-bond donors (Lipinski definition) is 1. The number of ether oxygens (including phenoxy) is 2. The molecule has 0 aliphatic carbocycles. The number of carbonyl (C=O) groups is 1. The normalized spacial score (nSPS) is 14.9. The minimum atomic E-state index is -0.584. The Morgan fingerprint density at radius 1 is 1.33 bits per heavy atom. The zero-order valence-electron chi connectivity index (χ0n) is 16.8. The van der Waals surface area contributed by atoms with Crippen molar-refractivity contribution < 1.29 is 23.9 Å². The Morgan fingerprint density at radius 3 is 2.77 bits per heavy atom. The standard InChI is InChI=1S/C22H24FN3O4/c1-25(28)22(27)20-10-19-16(14-30-18-6-8-29-9-7-18)13-26(21(19)11-24-20)12-15-2-4-17(23)5-3-15/h2-5,10-11,13,18,28H,6-9,12,14H2,1H3. The molecule has 1 aromatic carbocycles. The molecule has 0 radical (unpaired) electrons. The number of aromatic nitrogens is 2. The summed E-state index contributed by atoms with van der Waals surface area (Å²) in [6.45, 7) is 2.32. The third kappa shape index (κ3) is 4.51. The van der Waals surface area contributed by atoms with Crippen molar-refractivity contribution in [3.05, 3.63) is 65.4 Å². The van der Waals surface area contributed by atoms with Crippen LogP contribution in [0.15, 0.2) is 42.7 Å². The minimum absolute atomic E-state index is 0.140. The van der Waals surface area contributed by atoms with Crippen LogP contribution in [0.4, 0.5) is 4.39 Å². The first-order chi connectivity index (χ1) is 14.5. The van der Waals surface area contributed by atoms with Crippen molar-refractivity contribution >= 4 is 16.8 Å². The van der Waals surface area contributed by atoms with E-state index in [1.165, 1.54) is 19.2 Å². The molecule has 2 aromatic heterocycles. The van der Waals surface area contributed by atoms with E-state index in [0.717, 1.165) is 34.9 Å². The Kier molecular flexibility index (Phi) is 6.08. The second-order valence-electron chi connectivity index (χ2n) is 7.45. The molecule has 4 rings (SSSR count). The Balaban J connectivity index is 1.66. The SMILES string of the molecule is CN(O)C(=O)c1cc2c(COC3CCOCC3)cn(Cc3ccc(F)cc3)c2cn1. The van der Waals surface area contributed by atoms with Crippen molar-refractivity contribution in [1.29, 1.82) is 0 Å². The van der Waals surface area contributed by atoms with E-state index in [0.29, 0.717) is 31.4 Å². The maximum Gasteiger partial charge on any atom is 0.295 e. The van der Waals surface area contributed by atoms with Crippen LogP contribution in [-0.2, 0) is 22.6 Å². The van der Waals surface area contributed by atoms with Crippen LogP contribution in [0.1, 0.15) is 34.5 Å². The number of hydroxylamine groups is 2. The van der Waals surface area contributed by atoms with Crippen LogP contribution in [0, 0.1) is 5.82 Å². The fourth-order valence-corrected chi connectivity index (χ4v) is 3.63. The van der Waals surface area contributed by atoms with Gasteiger partial charge in [0.2, 0.25) is 0 Å². The number of nitrogens with zero attached hydrogens (tertiary/aromatic N) is 3. The fourth-order valence-electron chi connectivity index (χ4n) is 3.63. The lowest BCUT2D eigenvalue weighted by molar-refractivity contribution is -0.0388. The highest BCUT2D eigenvalue weighted by Crippen LogP contribution is 2.25. The summed E-state index contributed by atoms with van der Waals surface area (Å²) in [7, 11) is 1.27. The average Bonchev–Trinajstić information content (AvgIpc) is 3.10. The van der Waals surface area contributed by atoms with Crippen LogP contribution in [-0.4, -0.2) is 52.1 Å². The van der Waals surface area contributed by atoms with Crippen LogP contribution >= 0.6 is 0 Å². The number of rotatable bonds is 6. The largest absolute Gasteiger partial charge is 0.381 e. The highest BCUT2D eigenvalue weighted by atomic mass is 19.1. The molecule has 0 unspecified atom stereocenters. The topological polar surface area (TPSA) is 76.8 Å². The van der Waals surface area contributed by atoms with Crippen molar-refractivity contribution in [3.8, 4) is 0 Å². The maximum absolute atomic E-state index is 13.2. The molecular weight excluding hydrogens is 389 g/mol. The highest BCUT2D eigenvalue weighted by Gasteiger charge is 2.18. The Labute approximate surface area is 173 Å². The molecule has 3 aromatic rings. The molecule has 0 spiro atoms. The van der Waals surface area contributed by atoms with Gasteiger partial charge < -0.3 is 14.0 Å². The van der Waals surface area contributed by atoms with Gasteiger partial charge in [-0.05, 0) is 36.6 Å². The predicted octanol–water partition coefficient (Wildman–Crippen LogP) is 3.38.